The number of para-hydroxylation sites is 2. The maximum atomic E-state index is 15.1. The fourth-order valence-electron chi connectivity index (χ4n) is 8.13. The molecular weight excluding hydrogens is 692 g/mol. The molecule has 9 aromatic rings. The monoisotopic (exact) mass is 717 g/mol. The Hall–Kier alpha value is -7.60. The van der Waals surface area contributed by atoms with Crippen molar-refractivity contribution in [2.24, 2.45) is 0 Å². The third kappa shape index (κ3) is 5.06. The van der Waals surface area contributed by atoms with E-state index in [2.05, 4.69) is 17.0 Å². The van der Waals surface area contributed by atoms with Crippen LogP contribution in [0.15, 0.2) is 140 Å². The van der Waals surface area contributed by atoms with Crippen molar-refractivity contribution < 1.29 is 13.2 Å². The summed E-state index contributed by atoms with van der Waals surface area (Å²) in [6, 6.07) is 45.8. The van der Waals surface area contributed by atoms with Crippen LogP contribution in [0.4, 0.5) is 18.9 Å². The van der Waals surface area contributed by atoms with Crippen LogP contribution in [0.5, 0.6) is 0 Å². The average molecular weight is 718 g/mol. The summed E-state index contributed by atoms with van der Waals surface area (Å²) in [6.07, 6.45) is -4.68. The fourth-order valence-corrected chi connectivity index (χ4v) is 8.13. The van der Waals surface area contributed by atoms with E-state index in [1.165, 1.54) is 6.07 Å². The SMILES string of the molecule is [C-]#[N+]c1cccc(-n2c3ccccc3c3cc(C#N)ccc32)c1-c1c(-c2c(C)cccc2C(F)(F)F)cccc1-n1c2ccccc2c2cc(C#N)ccc21. The van der Waals surface area contributed by atoms with Gasteiger partial charge in [-0.1, -0.05) is 72.8 Å². The molecule has 55 heavy (non-hydrogen) atoms. The second-order valence-electron chi connectivity index (χ2n) is 13.4. The number of halogens is 3. The molecular formula is C47H26F3N5. The van der Waals surface area contributed by atoms with Crippen LogP contribution in [0.2, 0.25) is 0 Å². The number of nitrogens with zero attached hydrogens (tertiary/aromatic N) is 5. The minimum absolute atomic E-state index is 0.0194. The second-order valence-corrected chi connectivity index (χ2v) is 13.4. The molecule has 0 unspecified atom stereocenters. The van der Waals surface area contributed by atoms with Crippen molar-refractivity contribution in [3.8, 4) is 45.8 Å². The third-order valence-electron chi connectivity index (χ3n) is 10.4. The summed E-state index contributed by atoms with van der Waals surface area (Å²) < 4.78 is 49.2. The van der Waals surface area contributed by atoms with Crippen molar-refractivity contribution in [2.75, 3.05) is 0 Å². The largest absolute Gasteiger partial charge is 0.417 e. The Morgan fingerprint density at radius 3 is 1.60 bits per heavy atom. The molecule has 0 bridgehead atoms. The van der Waals surface area contributed by atoms with Gasteiger partial charge in [0.05, 0.1) is 63.2 Å². The van der Waals surface area contributed by atoms with E-state index in [9.17, 15) is 10.5 Å². The molecule has 0 spiro atoms. The predicted molar refractivity (Wildman–Crippen MR) is 211 cm³/mol. The Kier molecular flexibility index (Phi) is 7.57. The first kappa shape index (κ1) is 33.3. The summed E-state index contributed by atoms with van der Waals surface area (Å²) >= 11 is 0. The average Bonchev–Trinajstić information content (AvgIpc) is 3.71. The molecule has 0 saturated carbocycles. The van der Waals surface area contributed by atoms with Crippen LogP contribution in [0.3, 0.4) is 0 Å². The van der Waals surface area contributed by atoms with E-state index >= 15 is 13.2 Å². The summed E-state index contributed by atoms with van der Waals surface area (Å²) in [7, 11) is 0. The lowest BCUT2D eigenvalue weighted by Gasteiger charge is -2.25. The standard InChI is InChI=1S/C47H26F3N5/c1-28-10-7-14-36(47(48,49)50)44(28)33-13-8-18-42(54-38-16-5-3-11-31(38)34-24-29(26-51)20-22-40(34)54)45(33)46-37(53-2)15-9-19-43(46)55-39-17-6-4-12-32(39)35-25-30(27-52)21-23-41(35)55/h3-25H,1H3. The number of alkyl halides is 3. The van der Waals surface area contributed by atoms with Gasteiger partial charge in [-0.25, -0.2) is 4.85 Å². The number of fused-ring (bicyclic) bond motifs is 6. The van der Waals surface area contributed by atoms with Gasteiger partial charge in [-0.3, -0.25) is 0 Å². The molecule has 0 N–H and O–H groups in total. The van der Waals surface area contributed by atoms with Crippen LogP contribution >= 0.6 is 0 Å². The zero-order valence-electron chi connectivity index (χ0n) is 29.1. The number of nitriles is 2. The third-order valence-corrected chi connectivity index (χ3v) is 10.4. The highest BCUT2D eigenvalue weighted by atomic mass is 19.4. The number of hydrogen-bond acceptors (Lipinski definition) is 2. The first-order chi connectivity index (χ1) is 26.7. The molecule has 0 aliphatic rings. The molecule has 0 atom stereocenters. The first-order valence-corrected chi connectivity index (χ1v) is 17.4. The van der Waals surface area contributed by atoms with Gasteiger partial charge < -0.3 is 9.13 Å². The molecule has 5 nitrogen and oxygen atoms in total. The molecule has 0 amide bonds. The van der Waals surface area contributed by atoms with Crippen LogP contribution in [-0.4, -0.2) is 9.13 Å². The van der Waals surface area contributed by atoms with Crippen LogP contribution in [0.25, 0.3) is 82.1 Å². The van der Waals surface area contributed by atoms with Gasteiger partial charge in [0.25, 0.3) is 0 Å². The molecule has 7 aromatic carbocycles. The van der Waals surface area contributed by atoms with Crippen molar-refractivity contribution in [3.05, 3.63) is 173 Å². The Morgan fingerprint density at radius 2 is 1.05 bits per heavy atom. The number of hydrogen-bond donors (Lipinski definition) is 0. The van der Waals surface area contributed by atoms with Gasteiger partial charge in [-0.2, -0.15) is 23.7 Å². The van der Waals surface area contributed by atoms with Crippen molar-refractivity contribution in [3.63, 3.8) is 0 Å². The quantitative estimate of drug-likeness (QED) is 0.170. The minimum atomic E-state index is -4.68. The summed E-state index contributed by atoms with van der Waals surface area (Å²) in [4.78, 5) is 4.03. The minimum Gasteiger partial charge on any atom is -0.310 e. The normalized spacial score (nSPS) is 11.6. The fraction of sp³-hybridized carbons (Fsp3) is 0.0426. The summed E-state index contributed by atoms with van der Waals surface area (Å²) in [5.41, 5.74) is 6.36. The topological polar surface area (TPSA) is 61.8 Å². The van der Waals surface area contributed by atoms with Gasteiger partial charge in [-0.15, -0.1) is 0 Å². The predicted octanol–water partition coefficient (Wildman–Crippen LogP) is 12.8. The van der Waals surface area contributed by atoms with Gasteiger partial charge in [-0.05, 0) is 90.3 Å². The molecule has 2 heterocycles. The smallest absolute Gasteiger partial charge is 0.310 e. The maximum absolute atomic E-state index is 15.1. The summed E-state index contributed by atoms with van der Waals surface area (Å²) in [5.74, 6) is 0. The van der Waals surface area contributed by atoms with Crippen LogP contribution in [0, 0.1) is 36.2 Å². The molecule has 0 saturated heterocycles. The van der Waals surface area contributed by atoms with Gasteiger partial charge in [0.2, 0.25) is 0 Å². The van der Waals surface area contributed by atoms with Crippen molar-refractivity contribution in [2.45, 2.75) is 13.1 Å². The van der Waals surface area contributed by atoms with Crippen LogP contribution < -0.4 is 0 Å². The Bertz CT molecular complexity index is 3200. The molecule has 260 valence electrons. The van der Waals surface area contributed by atoms with Gasteiger partial charge in [0.15, 0.2) is 5.69 Å². The van der Waals surface area contributed by atoms with E-state index < -0.39 is 11.7 Å². The van der Waals surface area contributed by atoms with Gasteiger partial charge >= 0.3 is 6.18 Å². The van der Waals surface area contributed by atoms with Crippen LogP contribution in [-0.2, 0) is 6.18 Å². The van der Waals surface area contributed by atoms with E-state index in [4.69, 9.17) is 6.57 Å². The number of benzene rings is 7. The zero-order valence-corrected chi connectivity index (χ0v) is 29.1. The molecule has 0 aliphatic carbocycles. The van der Waals surface area contributed by atoms with Crippen molar-refractivity contribution >= 4 is 49.3 Å². The van der Waals surface area contributed by atoms with E-state index in [1.54, 1.807) is 49.4 Å². The highest BCUT2D eigenvalue weighted by Gasteiger charge is 2.36. The molecule has 0 aliphatic heterocycles. The lowest BCUT2D eigenvalue weighted by Crippen LogP contribution is -2.10. The van der Waals surface area contributed by atoms with Gasteiger partial charge in [0.1, 0.15) is 0 Å². The number of rotatable bonds is 4. The Morgan fingerprint density at radius 1 is 0.545 bits per heavy atom. The van der Waals surface area contributed by atoms with E-state index in [1.807, 2.05) is 94.1 Å². The molecule has 9 rings (SSSR count). The molecule has 2 aromatic heterocycles. The number of aryl methyl sites for hydroxylation is 1. The highest BCUT2D eigenvalue weighted by molar-refractivity contribution is 6.13. The first-order valence-electron chi connectivity index (χ1n) is 17.4. The molecule has 0 radical (unpaired) electrons. The van der Waals surface area contributed by atoms with Gasteiger partial charge in [0, 0.05) is 38.4 Å². The van der Waals surface area contributed by atoms with E-state index in [0.717, 1.165) is 49.7 Å². The Balaban J connectivity index is 1.51. The van der Waals surface area contributed by atoms with Crippen molar-refractivity contribution in [1.29, 1.82) is 10.5 Å². The van der Waals surface area contributed by atoms with E-state index in [-0.39, 0.29) is 11.3 Å². The molecule has 0 fully saturated rings. The number of aromatic nitrogens is 2. The van der Waals surface area contributed by atoms with Crippen molar-refractivity contribution in [1.82, 2.24) is 9.13 Å². The van der Waals surface area contributed by atoms with Crippen LogP contribution in [0.1, 0.15) is 22.3 Å². The maximum Gasteiger partial charge on any atom is 0.417 e. The summed E-state index contributed by atoms with van der Waals surface area (Å²) in [5, 5.41) is 23.0. The lowest BCUT2D eigenvalue weighted by atomic mass is 9.86. The summed E-state index contributed by atoms with van der Waals surface area (Å²) in [6.45, 7) is 10.2. The molecule has 8 heteroatoms. The highest BCUT2D eigenvalue weighted by Crippen LogP contribution is 2.50. The van der Waals surface area contributed by atoms with E-state index in [0.29, 0.717) is 44.8 Å². The lowest BCUT2D eigenvalue weighted by molar-refractivity contribution is -0.137. The Labute approximate surface area is 313 Å². The second kappa shape index (κ2) is 12.5. The zero-order chi connectivity index (χ0) is 38.0.